The molecule has 7 heteroatoms. The van der Waals surface area contributed by atoms with E-state index in [0.717, 1.165) is 11.6 Å². The fourth-order valence-corrected chi connectivity index (χ4v) is 1.94. The third-order valence-electron chi connectivity index (χ3n) is 3.20. The first-order valence-corrected chi connectivity index (χ1v) is 7.68. The lowest BCUT2D eigenvalue weighted by Crippen LogP contribution is -2.20. The van der Waals surface area contributed by atoms with Gasteiger partial charge in [-0.15, -0.1) is 0 Å². The molecule has 26 heavy (non-hydrogen) atoms. The summed E-state index contributed by atoms with van der Waals surface area (Å²) in [6.45, 7) is -1.38. The van der Waals surface area contributed by atoms with Crippen LogP contribution < -0.4 is 10.1 Å². The second-order valence-corrected chi connectivity index (χ2v) is 5.30. The van der Waals surface area contributed by atoms with E-state index in [9.17, 15) is 18.4 Å². The maximum atomic E-state index is 12.1. The van der Waals surface area contributed by atoms with Crippen molar-refractivity contribution in [1.82, 2.24) is 0 Å². The number of anilines is 1. The average Bonchev–Trinajstić information content (AvgIpc) is 2.61. The highest BCUT2D eigenvalue weighted by Crippen LogP contribution is 2.15. The first-order valence-electron chi connectivity index (χ1n) is 7.68. The van der Waals surface area contributed by atoms with Crippen molar-refractivity contribution in [2.45, 2.75) is 13.5 Å². The number of nitrogens with one attached hydrogen (secondary N) is 1. The van der Waals surface area contributed by atoms with Gasteiger partial charge in [0.05, 0.1) is 0 Å². The van der Waals surface area contributed by atoms with Crippen LogP contribution in [0.2, 0.25) is 0 Å². The quantitative estimate of drug-likeness (QED) is 0.602. The summed E-state index contributed by atoms with van der Waals surface area (Å²) < 4.78 is 33.2. The number of halogens is 2. The molecule has 0 fully saturated rings. The Balaban J connectivity index is 1.77. The first-order chi connectivity index (χ1) is 12.4. The van der Waals surface area contributed by atoms with Gasteiger partial charge in [0.15, 0.2) is 6.61 Å². The summed E-state index contributed by atoms with van der Waals surface area (Å²) in [7, 11) is 0. The summed E-state index contributed by atoms with van der Waals surface area (Å²) in [5.74, 6) is -1.13. The zero-order chi connectivity index (χ0) is 18.9. The second-order valence-electron chi connectivity index (χ2n) is 5.30. The zero-order valence-electron chi connectivity index (χ0n) is 13.9. The van der Waals surface area contributed by atoms with Crippen LogP contribution in [0, 0.1) is 6.92 Å². The minimum atomic E-state index is -2.89. The van der Waals surface area contributed by atoms with Crippen molar-refractivity contribution in [1.29, 1.82) is 0 Å². The molecule has 1 N–H and O–H groups in total. The van der Waals surface area contributed by atoms with Crippen molar-refractivity contribution in [3.63, 3.8) is 0 Å². The lowest BCUT2D eigenvalue weighted by Gasteiger charge is -2.05. The molecule has 0 radical (unpaired) electrons. The fraction of sp³-hybridized carbons (Fsp3) is 0.158. The molecule has 0 saturated heterocycles. The maximum absolute atomic E-state index is 12.1. The summed E-state index contributed by atoms with van der Waals surface area (Å²) in [6, 6.07) is 12.9. The number of esters is 1. The van der Waals surface area contributed by atoms with Gasteiger partial charge in [-0.2, -0.15) is 8.78 Å². The molecular weight excluding hydrogens is 344 g/mol. The number of carbonyl (C=O) groups excluding carboxylic acids is 2. The highest BCUT2D eigenvalue weighted by Gasteiger charge is 2.06. The largest absolute Gasteiger partial charge is 0.452 e. The molecule has 0 aliphatic heterocycles. The van der Waals surface area contributed by atoms with Gasteiger partial charge in [0.1, 0.15) is 5.75 Å². The molecule has 5 nitrogen and oxygen atoms in total. The Bertz CT molecular complexity index is 771. The average molecular weight is 361 g/mol. The van der Waals surface area contributed by atoms with Crippen LogP contribution in [0.25, 0.3) is 6.08 Å². The summed E-state index contributed by atoms with van der Waals surface area (Å²) in [5.41, 5.74) is 2.26. The molecule has 0 bridgehead atoms. The highest BCUT2D eigenvalue weighted by molar-refractivity contribution is 5.94. The SMILES string of the molecule is Cc1ccc(NC(=O)COC(=O)/C=C/c2ccc(OC(F)F)cc2)cc1. The Morgan fingerprint density at radius 2 is 1.73 bits per heavy atom. The monoisotopic (exact) mass is 361 g/mol. The smallest absolute Gasteiger partial charge is 0.387 e. The zero-order valence-corrected chi connectivity index (χ0v) is 13.9. The summed E-state index contributed by atoms with van der Waals surface area (Å²) in [5, 5.41) is 2.60. The van der Waals surface area contributed by atoms with Crippen molar-refractivity contribution in [3.8, 4) is 5.75 Å². The molecule has 1 amide bonds. The minimum absolute atomic E-state index is 0.0208. The van der Waals surface area contributed by atoms with E-state index in [1.165, 1.54) is 30.3 Å². The number of ether oxygens (including phenoxy) is 2. The lowest BCUT2D eigenvalue weighted by molar-refractivity contribution is -0.142. The number of amides is 1. The molecule has 0 aliphatic rings. The van der Waals surface area contributed by atoms with Crippen molar-refractivity contribution in [3.05, 3.63) is 65.7 Å². The number of aryl methyl sites for hydroxylation is 1. The standard InChI is InChI=1S/C19H17F2NO4/c1-13-2-7-15(8-3-13)22-17(23)12-25-18(24)11-6-14-4-9-16(10-5-14)26-19(20)21/h2-11,19H,12H2,1H3,(H,22,23)/b11-6+. The van der Waals surface area contributed by atoms with E-state index in [-0.39, 0.29) is 5.75 Å². The van der Waals surface area contributed by atoms with Crippen LogP contribution in [-0.2, 0) is 14.3 Å². The second kappa shape index (κ2) is 9.31. The van der Waals surface area contributed by atoms with Crippen LogP contribution >= 0.6 is 0 Å². The van der Waals surface area contributed by atoms with Crippen LogP contribution in [0.15, 0.2) is 54.6 Å². The van der Waals surface area contributed by atoms with Crippen LogP contribution in [0.3, 0.4) is 0 Å². The summed E-state index contributed by atoms with van der Waals surface area (Å²) >= 11 is 0. The van der Waals surface area contributed by atoms with Gasteiger partial charge >= 0.3 is 12.6 Å². The van der Waals surface area contributed by atoms with E-state index in [4.69, 9.17) is 4.74 Å². The van der Waals surface area contributed by atoms with Crippen molar-refractivity contribution in [2.75, 3.05) is 11.9 Å². The lowest BCUT2D eigenvalue weighted by atomic mass is 10.2. The fourth-order valence-electron chi connectivity index (χ4n) is 1.94. The van der Waals surface area contributed by atoms with Gasteiger partial charge in [-0.3, -0.25) is 4.79 Å². The topological polar surface area (TPSA) is 64.6 Å². The van der Waals surface area contributed by atoms with E-state index in [1.54, 1.807) is 12.1 Å². The predicted molar refractivity (Wildman–Crippen MR) is 92.9 cm³/mol. The van der Waals surface area contributed by atoms with E-state index in [2.05, 4.69) is 10.1 Å². The maximum Gasteiger partial charge on any atom is 0.387 e. The van der Waals surface area contributed by atoms with Crippen LogP contribution in [0.5, 0.6) is 5.75 Å². The minimum Gasteiger partial charge on any atom is -0.452 e. The van der Waals surface area contributed by atoms with Gasteiger partial charge in [-0.05, 0) is 42.8 Å². The molecule has 0 saturated carbocycles. The Labute approximate surface area is 149 Å². The van der Waals surface area contributed by atoms with E-state index < -0.39 is 25.1 Å². The molecule has 0 unspecified atom stereocenters. The van der Waals surface area contributed by atoms with Crippen molar-refractivity contribution >= 4 is 23.6 Å². The number of hydrogen-bond acceptors (Lipinski definition) is 4. The summed E-state index contributed by atoms with van der Waals surface area (Å²) in [6.07, 6.45) is 2.58. The van der Waals surface area contributed by atoms with Crippen LogP contribution in [0.4, 0.5) is 14.5 Å². The number of rotatable bonds is 7. The molecule has 0 atom stereocenters. The van der Waals surface area contributed by atoms with E-state index >= 15 is 0 Å². The van der Waals surface area contributed by atoms with Gasteiger partial charge in [-0.1, -0.05) is 29.8 Å². The van der Waals surface area contributed by atoms with Gasteiger partial charge < -0.3 is 14.8 Å². The third kappa shape index (κ3) is 6.72. The summed E-state index contributed by atoms with van der Waals surface area (Å²) in [4.78, 5) is 23.3. The highest BCUT2D eigenvalue weighted by atomic mass is 19.3. The molecule has 0 spiro atoms. The number of carbonyl (C=O) groups is 2. The molecule has 136 valence electrons. The molecule has 0 heterocycles. The number of hydrogen-bond donors (Lipinski definition) is 1. The molecule has 2 rings (SSSR count). The third-order valence-corrected chi connectivity index (χ3v) is 3.20. The molecule has 0 aliphatic carbocycles. The van der Waals surface area contributed by atoms with E-state index in [1.807, 2.05) is 19.1 Å². The van der Waals surface area contributed by atoms with Crippen molar-refractivity contribution in [2.24, 2.45) is 0 Å². The van der Waals surface area contributed by atoms with Crippen LogP contribution in [-0.4, -0.2) is 25.1 Å². The Morgan fingerprint density at radius 3 is 2.35 bits per heavy atom. The van der Waals surface area contributed by atoms with E-state index in [0.29, 0.717) is 11.3 Å². The van der Waals surface area contributed by atoms with Gasteiger partial charge in [0.2, 0.25) is 0 Å². The Kier molecular flexibility index (Phi) is 6.84. The van der Waals surface area contributed by atoms with Crippen molar-refractivity contribution < 1.29 is 27.8 Å². The van der Waals surface area contributed by atoms with Gasteiger partial charge in [0, 0.05) is 11.8 Å². The van der Waals surface area contributed by atoms with Gasteiger partial charge in [-0.25, -0.2) is 4.79 Å². The van der Waals surface area contributed by atoms with Crippen LogP contribution in [0.1, 0.15) is 11.1 Å². The molecule has 2 aromatic rings. The molecule has 2 aromatic carbocycles. The Morgan fingerprint density at radius 1 is 1.08 bits per heavy atom. The van der Waals surface area contributed by atoms with Gasteiger partial charge in [0.25, 0.3) is 5.91 Å². The predicted octanol–water partition coefficient (Wildman–Crippen LogP) is 3.79. The number of benzene rings is 2. The first kappa shape index (κ1) is 19.1. The number of alkyl halides is 2. The molecular formula is C19H17F2NO4. The normalized spacial score (nSPS) is 10.8. The Hall–Kier alpha value is -3.22. The molecule has 0 aromatic heterocycles.